The van der Waals surface area contributed by atoms with Crippen LogP contribution in [0, 0.1) is 11.8 Å². The summed E-state index contributed by atoms with van der Waals surface area (Å²) in [6, 6.07) is 11.4. The molecule has 3 aliphatic rings. The van der Waals surface area contributed by atoms with Crippen LogP contribution in [0.2, 0.25) is 0 Å². The lowest BCUT2D eigenvalue weighted by Gasteiger charge is -2.49. The van der Waals surface area contributed by atoms with E-state index in [4.69, 9.17) is 0 Å². The molecule has 108 valence electrons. The molecule has 1 aromatic carbocycles. The minimum absolute atomic E-state index is 0.700. The number of para-hydroxylation sites is 1. The van der Waals surface area contributed by atoms with Gasteiger partial charge in [-0.15, -0.1) is 6.58 Å². The molecule has 2 heteroatoms. The van der Waals surface area contributed by atoms with Gasteiger partial charge in [0.05, 0.1) is 5.52 Å². The van der Waals surface area contributed by atoms with Crippen molar-refractivity contribution in [2.75, 3.05) is 13.1 Å². The van der Waals surface area contributed by atoms with Crippen molar-refractivity contribution in [3.8, 4) is 0 Å². The average Bonchev–Trinajstić information content (AvgIpc) is 2.56. The zero-order valence-electron chi connectivity index (χ0n) is 12.4. The van der Waals surface area contributed by atoms with Crippen molar-refractivity contribution in [2.24, 2.45) is 11.8 Å². The normalized spacial score (nSPS) is 31.4. The van der Waals surface area contributed by atoms with Gasteiger partial charge in [-0.3, -0.25) is 9.88 Å². The molecule has 4 atom stereocenters. The first-order valence-electron chi connectivity index (χ1n) is 8.04. The number of rotatable bonds is 3. The van der Waals surface area contributed by atoms with Gasteiger partial charge in [0.15, 0.2) is 0 Å². The average molecular weight is 278 g/mol. The maximum absolute atomic E-state index is 4.48. The van der Waals surface area contributed by atoms with E-state index in [1.165, 1.54) is 36.9 Å². The molecule has 2 aromatic rings. The summed E-state index contributed by atoms with van der Waals surface area (Å²) in [4.78, 5) is 7.16. The molecule has 5 rings (SSSR count). The fraction of sp³-hybridized carbons (Fsp3) is 0.421. The topological polar surface area (TPSA) is 16.1 Å². The van der Waals surface area contributed by atoms with E-state index < -0.39 is 0 Å². The third kappa shape index (κ3) is 2.28. The number of benzene rings is 1. The van der Waals surface area contributed by atoms with Crippen LogP contribution in [0.15, 0.2) is 49.2 Å². The summed E-state index contributed by atoms with van der Waals surface area (Å²) in [5.41, 5.74) is 2.57. The molecular weight excluding hydrogens is 256 g/mol. The van der Waals surface area contributed by atoms with Crippen LogP contribution in [-0.2, 0) is 6.42 Å². The van der Waals surface area contributed by atoms with Gasteiger partial charge in [0, 0.05) is 24.2 Å². The quantitative estimate of drug-likeness (QED) is 0.796. The lowest BCUT2D eigenvalue weighted by atomic mass is 9.74. The molecule has 3 saturated heterocycles. The Labute approximate surface area is 126 Å². The Morgan fingerprint density at radius 2 is 2.19 bits per heavy atom. The molecule has 1 aromatic heterocycles. The Morgan fingerprint density at radius 1 is 1.29 bits per heavy atom. The molecule has 0 radical (unpaired) electrons. The van der Waals surface area contributed by atoms with E-state index in [2.05, 4.69) is 52.9 Å². The second-order valence-electron chi connectivity index (χ2n) is 6.52. The van der Waals surface area contributed by atoms with Gasteiger partial charge < -0.3 is 0 Å². The summed E-state index contributed by atoms with van der Waals surface area (Å²) in [5, 5.41) is 1.32. The molecule has 4 heterocycles. The van der Waals surface area contributed by atoms with E-state index in [0.717, 1.165) is 17.9 Å². The Morgan fingerprint density at radius 3 is 3.00 bits per heavy atom. The minimum Gasteiger partial charge on any atom is -0.299 e. The van der Waals surface area contributed by atoms with Gasteiger partial charge >= 0.3 is 0 Å². The summed E-state index contributed by atoms with van der Waals surface area (Å²) < 4.78 is 0. The highest BCUT2D eigenvalue weighted by Gasteiger charge is 2.38. The summed E-state index contributed by atoms with van der Waals surface area (Å²) in [6.07, 6.45) is 7.97. The standard InChI is InChI=1S/C19H22N2/c1-2-14-13-21-10-8-15(14)11-17(21)12-16-7-9-20-19-6-4-3-5-18(16)19/h2-7,9,14-15,17H,1,8,10-13H2/t14?,15?,17-/m1/s1. The SMILES string of the molecule is C=CC1C[N@@]2CCC1C[C@@H]2Cc1ccnc2ccccc12. The summed E-state index contributed by atoms with van der Waals surface area (Å²) in [6.45, 7) is 6.49. The van der Waals surface area contributed by atoms with Gasteiger partial charge in [0.1, 0.15) is 0 Å². The maximum atomic E-state index is 4.48. The number of pyridine rings is 1. The molecule has 0 spiro atoms. The third-order valence-corrected chi connectivity index (χ3v) is 5.43. The van der Waals surface area contributed by atoms with Crippen molar-refractivity contribution < 1.29 is 0 Å². The van der Waals surface area contributed by atoms with E-state index >= 15 is 0 Å². The molecular formula is C19H22N2. The highest BCUT2D eigenvalue weighted by Crippen LogP contribution is 2.38. The molecule has 0 aliphatic carbocycles. The van der Waals surface area contributed by atoms with Crippen molar-refractivity contribution in [2.45, 2.75) is 25.3 Å². The van der Waals surface area contributed by atoms with Gasteiger partial charge in [-0.25, -0.2) is 0 Å². The lowest BCUT2D eigenvalue weighted by molar-refractivity contribution is 0.0196. The summed E-state index contributed by atoms with van der Waals surface area (Å²) >= 11 is 0. The number of piperidine rings is 3. The summed E-state index contributed by atoms with van der Waals surface area (Å²) in [7, 11) is 0. The van der Waals surface area contributed by atoms with Crippen LogP contribution >= 0.6 is 0 Å². The number of nitrogens with zero attached hydrogens (tertiary/aromatic N) is 2. The number of hydrogen-bond donors (Lipinski definition) is 0. The van der Waals surface area contributed by atoms with Gasteiger partial charge in [-0.1, -0.05) is 24.3 Å². The van der Waals surface area contributed by atoms with Crippen molar-refractivity contribution in [3.63, 3.8) is 0 Å². The van der Waals surface area contributed by atoms with Crippen LogP contribution in [-0.4, -0.2) is 29.0 Å². The predicted octanol–water partition coefficient (Wildman–Crippen LogP) is 3.67. The van der Waals surface area contributed by atoms with Crippen LogP contribution in [0.25, 0.3) is 10.9 Å². The predicted molar refractivity (Wildman–Crippen MR) is 87.2 cm³/mol. The zero-order valence-corrected chi connectivity index (χ0v) is 12.4. The van der Waals surface area contributed by atoms with Crippen LogP contribution in [0.3, 0.4) is 0 Å². The highest BCUT2D eigenvalue weighted by molar-refractivity contribution is 5.81. The molecule has 2 bridgehead atoms. The van der Waals surface area contributed by atoms with Crippen molar-refractivity contribution in [3.05, 3.63) is 54.7 Å². The van der Waals surface area contributed by atoms with Gasteiger partial charge in [-0.2, -0.15) is 0 Å². The molecule has 0 N–H and O–H groups in total. The second-order valence-corrected chi connectivity index (χ2v) is 6.52. The molecule has 2 nitrogen and oxygen atoms in total. The third-order valence-electron chi connectivity index (χ3n) is 5.43. The maximum Gasteiger partial charge on any atom is 0.0704 e. The summed E-state index contributed by atoms with van der Waals surface area (Å²) in [5.74, 6) is 1.56. The molecule has 3 fully saturated rings. The number of hydrogen-bond acceptors (Lipinski definition) is 2. The van der Waals surface area contributed by atoms with Crippen molar-refractivity contribution in [1.82, 2.24) is 9.88 Å². The lowest BCUT2D eigenvalue weighted by Crippen LogP contribution is -2.53. The van der Waals surface area contributed by atoms with Crippen molar-refractivity contribution >= 4 is 10.9 Å². The van der Waals surface area contributed by atoms with Crippen LogP contribution in [0.5, 0.6) is 0 Å². The van der Waals surface area contributed by atoms with Gasteiger partial charge in [-0.05, 0) is 55.3 Å². The van der Waals surface area contributed by atoms with Gasteiger partial charge in [0.25, 0.3) is 0 Å². The highest BCUT2D eigenvalue weighted by atomic mass is 15.2. The zero-order chi connectivity index (χ0) is 14.2. The van der Waals surface area contributed by atoms with E-state index in [9.17, 15) is 0 Å². The van der Waals surface area contributed by atoms with Gasteiger partial charge in [0.2, 0.25) is 0 Å². The van der Waals surface area contributed by atoms with E-state index in [1.807, 2.05) is 6.20 Å². The fourth-order valence-electron chi connectivity index (χ4n) is 4.25. The van der Waals surface area contributed by atoms with E-state index in [-0.39, 0.29) is 0 Å². The van der Waals surface area contributed by atoms with Crippen molar-refractivity contribution in [1.29, 1.82) is 0 Å². The molecule has 21 heavy (non-hydrogen) atoms. The Bertz CT molecular complexity index is 658. The molecule has 2 unspecified atom stereocenters. The minimum atomic E-state index is 0.700. The first-order valence-corrected chi connectivity index (χ1v) is 8.04. The van der Waals surface area contributed by atoms with Crippen LogP contribution < -0.4 is 0 Å². The fourth-order valence-corrected chi connectivity index (χ4v) is 4.25. The van der Waals surface area contributed by atoms with Crippen LogP contribution in [0.1, 0.15) is 18.4 Å². The number of fused-ring (bicyclic) bond motifs is 4. The second kappa shape index (κ2) is 5.27. The Balaban J connectivity index is 1.60. The molecule has 3 aliphatic heterocycles. The Kier molecular flexibility index (Phi) is 3.27. The van der Waals surface area contributed by atoms with Crippen LogP contribution in [0.4, 0.5) is 0 Å². The first kappa shape index (κ1) is 13.0. The first-order chi connectivity index (χ1) is 10.3. The Hall–Kier alpha value is -1.67. The smallest absolute Gasteiger partial charge is 0.0704 e. The monoisotopic (exact) mass is 278 g/mol. The van der Waals surface area contributed by atoms with E-state index in [1.54, 1.807) is 0 Å². The largest absolute Gasteiger partial charge is 0.299 e. The molecule has 0 amide bonds. The molecule has 0 saturated carbocycles. The number of aromatic nitrogens is 1. The van der Waals surface area contributed by atoms with E-state index in [0.29, 0.717) is 12.0 Å².